The molecule has 0 bridgehead atoms. The molecule has 0 spiro atoms. The highest BCUT2D eigenvalue weighted by Gasteiger charge is 2.22. The lowest BCUT2D eigenvalue weighted by molar-refractivity contribution is 0.0778. The summed E-state index contributed by atoms with van der Waals surface area (Å²) in [5, 5.41) is 0.147. The number of methoxy groups -OCH3 is 1. The topological polar surface area (TPSA) is 63.7 Å². The molecule has 0 N–H and O–H groups in total. The molecule has 0 heterocycles. The number of amides is 1. The lowest BCUT2D eigenvalue weighted by Crippen LogP contribution is -2.29. The summed E-state index contributed by atoms with van der Waals surface area (Å²) in [7, 11) is 4.62. The summed E-state index contributed by atoms with van der Waals surface area (Å²) in [6, 6.07) is 2.68. The second-order valence-electron chi connectivity index (χ2n) is 4.59. The van der Waals surface area contributed by atoms with Crippen LogP contribution >= 0.6 is 22.3 Å². The lowest BCUT2D eigenvalue weighted by Gasteiger charge is -2.19. The van der Waals surface area contributed by atoms with E-state index in [0.717, 1.165) is 0 Å². The summed E-state index contributed by atoms with van der Waals surface area (Å²) in [6.07, 6.45) is 0.680. The van der Waals surface area contributed by atoms with Crippen molar-refractivity contribution in [3.8, 4) is 0 Å². The van der Waals surface area contributed by atoms with E-state index >= 15 is 0 Å². The van der Waals surface area contributed by atoms with Crippen LogP contribution < -0.4 is 0 Å². The molecule has 0 aliphatic carbocycles. The molecule has 21 heavy (non-hydrogen) atoms. The SMILES string of the molecule is COCCCN(C)C(=O)c1cc(Cl)cc(S(=O)(=O)Cl)c1C. The minimum atomic E-state index is -3.96. The predicted molar refractivity (Wildman–Crippen MR) is 82.7 cm³/mol. The van der Waals surface area contributed by atoms with Gasteiger partial charge in [-0.15, -0.1) is 0 Å². The molecule has 5 nitrogen and oxygen atoms in total. The van der Waals surface area contributed by atoms with Crippen LogP contribution in [0.15, 0.2) is 17.0 Å². The van der Waals surface area contributed by atoms with Gasteiger partial charge in [-0.05, 0) is 31.0 Å². The van der Waals surface area contributed by atoms with Gasteiger partial charge < -0.3 is 9.64 Å². The average molecular weight is 354 g/mol. The predicted octanol–water partition coefficient (Wildman–Crippen LogP) is 2.68. The minimum absolute atomic E-state index is 0.147. The smallest absolute Gasteiger partial charge is 0.261 e. The molecular formula is C13H17Cl2NO4S. The summed E-state index contributed by atoms with van der Waals surface area (Å²) < 4.78 is 28.0. The van der Waals surface area contributed by atoms with E-state index in [1.54, 1.807) is 14.2 Å². The zero-order valence-electron chi connectivity index (χ0n) is 12.0. The fourth-order valence-electron chi connectivity index (χ4n) is 1.88. The highest BCUT2D eigenvalue weighted by molar-refractivity contribution is 8.13. The van der Waals surface area contributed by atoms with Crippen molar-refractivity contribution in [2.75, 3.05) is 27.3 Å². The van der Waals surface area contributed by atoms with Crippen molar-refractivity contribution >= 4 is 37.2 Å². The molecule has 0 atom stereocenters. The third-order valence-corrected chi connectivity index (χ3v) is 4.67. The first-order valence-electron chi connectivity index (χ1n) is 6.17. The van der Waals surface area contributed by atoms with Gasteiger partial charge in [0.2, 0.25) is 0 Å². The Morgan fingerprint density at radius 1 is 1.38 bits per heavy atom. The zero-order valence-corrected chi connectivity index (χ0v) is 14.3. The van der Waals surface area contributed by atoms with Crippen molar-refractivity contribution in [2.45, 2.75) is 18.2 Å². The first-order valence-corrected chi connectivity index (χ1v) is 8.86. The van der Waals surface area contributed by atoms with Crippen molar-refractivity contribution in [1.82, 2.24) is 4.90 Å². The first kappa shape index (κ1) is 18.2. The Morgan fingerprint density at radius 3 is 2.52 bits per heavy atom. The lowest BCUT2D eigenvalue weighted by atomic mass is 10.1. The van der Waals surface area contributed by atoms with Gasteiger partial charge in [0.05, 0.1) is 4.90 Å². The molecule has 0 unspecified atom stereocenters. The molecule has 118 valence electrons. The number of halogens is 2. The van der Waals surface area contributed by atoms with Gasteiger partial charge >= 0.3 is 0 Å². The normalized spacial score (nSPS) is 11.5. The van der Waals surface area contributed by atoms with Gasteiger partial charge in [0.25, 0.3) is 15.0 Å². The van der Waals surface area contributed by atoms with Crippen molar-refractivity contribution in [1.29, 1.82) is 0 Å². The summed E-state index contributed by atoms with van der Waals surface area (Å²) in [5.41, 5.74) is 0.514. The number of hydrogen-bond acceptors (Lipinski definition) is 4. The van der Waals surface area contributed by atoms with E-state index in [4.69, 9.17) is 27.0 Å². The Balaban J connectivity index is 3.13. The van der Waals surface area contributed by atoms with E-state index in [-0.39, 0.29) is 27.0 Å². The van der Waals surface area contributed by atoms with Gasteiger partial charge in [-0.3, -0.25) is 4.79 Å². The van der Waals surface area contributed by atoms with Crippen LogP contribution in [0.2, 0.25) is 5.02 Å². The fourth-order valence-corrected chi connectivity index (χ4v) is 3.39. The van der Waals surface area contributed by atoms with E-state index < -0.39 is 9.05 Å². The van der Waals surface area contributed by atoms with Gasteiger partial charge in [0.15, 0.2) is 0 Å². The van der Waals surface area contributed by atoms with Crippen molar-refractivity contribution in [3.05, 3.63) is 28.3 Å². The van der Waals surface area contributed by atoms with E-state index in [2.05, 4.69) is 0 Å². The van der Waals surface area contributed by atoms with Crippen LogP contribution in [0.5, 0.6) is 0 Å². The van der Waals surface area contributed by atoms with Gasteiger partial charge in [-0.2, -0.15) is 0 Å². The third kappa shape index (κ3) is 4.85. The molecule has 0 fully saturated rings. The number of ether oxygens (including phenoxy) is 1. The largest absolute Gasteiger partial charge is 0.385 e. The average Bonchev–Trinajstić information content (AvgIpc) is 2.39. The number of carbonyl (C=O) groups excluding carboxylic acids is 1. The standard InChI is InChI=1S/C13H17Cl2NO4S/c1-9-11(13(17)16(2)5-4-6-20-3)7-10(14)8-12(9)21(15,18)19/h7-8H,4-6H2,1-3H3. The van der Waals surface area contributed by atoms with Crippen molar-refractivity contribution in [3.63, 3.8) is 0 Å². The van der Waals surface area contributed by atoms with Crippen LogP contribution in [-0.2, 0) is 13.8 Å². The minimum Gasteiger partial charge on any atom is -0.385 e. The Bertz CT molecular complexity index is 631. The van der Waals surface area contributed by atoms with E-state index in [1.165, 1.54) is 24.0 Å². The Kier molecular flexibility index (Phi) is 6.46. The number of rotatable bonds is 6. The Labute approximate surface area is 134 Å². The highest BCUT2D eigenvalue weighted by atomic mass is 35.7. The van der Waals surface area contributed by atoms with Crippen LogP contribution in [0.4, 0.5) is 0 Å². The summed E-state index contributed by atoms with van der Waals surface area (Å²) in [5.74, 6) is -0.312. The highest BCUT2D eigenvalue weighted by Crippen LogP contribution is 2.27. The monoisotopic (exact) mass is 353 g/mol. The zero-order chi connectivity index (χ0) is 16.2. The van der Waals surface area contributed by atoms with Gasteiger partial charge in [-0.1, -0.05) is 11.6 Å². The number of carbonyl (C=O) groups is 1. The van der Waals surface area contributed by atoms with Crippen LogP contribution in [0, 0.1) is 6.92 Å². The van der Waals surface area contributed by atoms with Crippen molar-refractivity contribution < 1.29 is 17.9 Å². The molecule has 0 saturated heterocycles. The molecule has 0 aliphatic rings. The Morgan fingerprint density at radius 2 is 2.00 bits per heavy atom. The molecular weight excluding hydrogens is 337 g/mol. The summed E-state index contributed by atoms with van der Waals surface area (Å²) in [4.78, 5) is 13.7. The summed E-state index contributed by atoms with van der Waals surface area (Å²) >= 11 is 5.89. The second kappa shape index (κ2) is 7.45. The molecule has 1 aromatic rings. The van der Waals surface area contributed by atoms with Gasteiger partial charge in [0.1, 0.15) is 0 Å². The maximum atomic E-state index is 12.4. The van der Waals surface area contributed by atoms with E-state index in [0.29, 0.717) is 19.6 Å². The Hall–Kier alpha value is -0.820. The van der Waals surface area contributed by atoms with Gasteiger partial charge in [0, 0.05) is 48.6 Å². The molecule has 8 heteroatoms. The second-order valence-corrected chi connectivity index (χ2v) is 7.56. The quantitative estimate of drug-likeness (QED) is 0.582. The molecule has 0 aliphatic heterocycles. The van der Waals surface area contributed by atoms with Crippen LogP contribution in [0.3, 0.4) is 0 Å². The molecule has 0 saturated carbocycles. The molecule has 0 radical (unpaired) electrons. The number of nitrogens with zero attached hydrogens (tertiary/aromatic N) is 1. The molecule has 0 aromatic heterocycles. The third-order valence-electron chi connectivity index (χ3n) is 3.01. The first-order chi connectivity index (χ1) is 9.68. The number of benzene rings is 1. The fraction of sp³-hybridized carbons (Fsp3) is 0.462. The van der Waals surface area contributed by atoms with Gasteiger partial charge in [-0.25, -0.2) is 8.42 Å². The van der Waals surface area contributed by atoms with Crippen LogP contribution in [0.1, 0.15) is 22.3 Å². The van der Waals surface area contributed by atoms with Crippen LogP contribution in [-0.4, -0.2) is 46.5 Å². The van der Waals surface area contributed by atoms with Crippen LogP contribution in [0.25, 0.3) is 0 Å². The number of hydrogen-bond donors (Lipinski definition) is 0. The van der Waals surface area contributed by atoms with E-state index in [9.17, 15) is 13.2 Å². The van der Waals surface area contributed by atoms with E-state index in [1.807, 2.05) is 0 Å². The molecule has 1 amide bonds. The maximum absolute atomic E-state index is 12.4. The molecule has 1 aromatic carbocycles. The summed E-state index contributed by atoms with van der Waals surface area (Å²) in [6.45, 7) is 2.55. The van der Waals surface area contributed by atoms with Crippen molar-refractivity contribution in [2.24, 2.45) is 0 Å². The molecule has 1 rings (SSSR count). The maximum Gasteiger partial charge on any atom is 0.261 e.